The number of hydrogen-bond donors (Lipinski definition) is 5. The summed E-state index contributed by atoms with van der Waals surface area (Å²) in [6.45, 7) is 7.29. The molecule has 9 heteroatoms. The molecule has 230 valence electrons. The molecule has 1 unspecified atom stereocenters. The fourth-order valence-electron chi connectivity index (χ4n) is 5.70. The predicted molar refractivity (Wildman–Crippen MR) is 172 cm³/mol. The van der Waals surface area contributed by atoms with Crippen molar-refractivity contribution < 1.29 is 29.0 Å². The number of hydrogen-bond acceptors (Lipinski definition) is 4. The van der Waals surface area contributed by atoms with Crippen LogP contribution < -0.4 is 10.6 Å². The topological polar surface area (TPSA) is 136 Å². The fourth-order valence-corrected chi connectivity index (χ4v) is 6.95. The summed E-state index contributed by atoms with van der Waals surface area (Å²) in [6, 6.07) is 27.1. The van der Waals surface area contributed by atoms with Gasteiger partial charge in [-0.2, -0.15) is 0 Å². The van der Waals surface area contributed by atoms with Gasteiger partial charge in [0.15, 0.2) is 5.28 Å². The third-order valence-corrected chi connectivity index (χ3v) is 9.07. The molecular formula is C35H39N2O6P. The van der Waals surface area contributed by atoms with E-state index < -0.39 is 30.8 Å². The van der Waals surface area contributed by atoms with Crippen molar-refractivity contribution in [3.8, 4) is 11.1 Å². The molecule has 0 aliphatic rings. The highest BCUT2D eigenvalue weighted by molar-refractivity contribution is 7.53. The molecule has 0 saturated heterocycles. The monoisotopic (exact) mass is 614 g/mol. The first-order valence-corrected chi connectivity index (χ1v) is 16.0. The Morgan fingerprint density at radius 1 is 0.750 bits per heavy atom. The van der Waals surface area contributed by atoms with Crippen LogP contribution in [-0.2, 0) is 25.9 Å². The lowest BCUT2D eigenvalue weighted by Crippen LogP contribution is -2.55. The second-order valence-corrected chi connectivity index (χ2v) is 13.2. The standard InChI is InChI=1S/C35H39N2O6P/c1-23-16-24(2)19-30(18-23)35(44(41,42)43,31-20-25(3)17-26(4)21-31)37-32(34(40)36-15-14-33(38)39)22-27-10-12-29(13-11-27)28-8-6-5-7-9-28/h5-13,16-21,32,37H,14-15,22H2,1-4H3,(H,36,40)(H,38,39)(H2,41,42,43). The lowest BCUT2D eigenvalue weighted by molar-refractivity contribution is -0.137. The van der Waals surface area contributed by atoms with Crippen molar-refractivity contribution in [1.29, 1.82) is 0 Å². The number of rotatable bonds is 12. The number of carboxylic acid groups (broad SMARTS) is 1. The molecule has 0 heterocycles. The van der Waals surface area contributed by atoms with Crippen molar-refractivity contribution in [3.05, 3.63) is 130 Å². The molecule has 0 fully saturated rings. The summed E-state index contributed by atoms with van der Waals surface area (Å²) in [7, 11) is -5.10. The van der Waals surface area contributed by atoms with Crippen LogP contribution in [-0.4, -0.2) is 39.4 Å². The molecule has 1 amide bonds. The molecule has 0 saturated carbocycles. The highest BCUT2D eigenvalue weighted by Gasteiger charge is 2.52. The first-order chi connectivity index (χ1) is 20.8. The van der Waals surface area contributed by atoms with Crippen LogP contribution in [0, 0.1) is 27.7 Å². The van der Waals surface area contributed by atoms with Gasteiger partial charge in [-0.3, -0.25) is 19.5 Å². The largest absolute Gasteiger partial charge is 0.481 e. The second-order valence-electron chi connectivity index (χ2n) is 11.4. The molecule has 4 rings (SSSR count). The van der Waals surface area contributed by atoms with E-state index in [0.29, 0.717) is 11.1 Å². The molecule has 0 radical (unpaired) electrons. The van der Waals surface area contributed by atoms with Crippen LogP contribution in [0.2, 0.25) is 0 Å². The van der Waals surface area contributed by atoms with E-state index in [1.165, 1.54) is 0 Å². The Morgan fingerprint density at radius 3 is 1.68 bits per heavy atom. The minimum atomic E-state index is -5.10. The predicted octanol–water partition coefficient (Wildman–Crippen LogP) is 5.76. The van der Waals surface area contributed by atoms with Crippen LogP contribution in [0.15, 0.2) is 91.0 Å². The van der Waals surface area contributed by atoms with Gasteiger partial charge in [-0.15, -0.1) is 0 Å². The van der Waals surface area contributed by atoms with E-state index >= 15 is 0 Å². The average Bonchev–Trinajstić information content (AvgIpc) is 2.94. The molecule has 0 aromatic heterocycles. The van der Waals surface area contributed by atoms with Crippen molar-refractivity contribution in [2.75, 3.05) is 6.54 Å². The van der Waals surface area contributed by atoms with E-state index in [2.05, 4.69) is 10.6 Å². The Morgan fingerprint density at radius 2 is 1.23 bits per heavy atom. The summed E-state index contributed by atoms with van der Waals surface area (Å²) in [5.41, 5.74) is 6.67. The zero-order chi connectivity index (χ0) is 32.1. The van der Waals surface area contributed by atoms with Crippen LogP contribution in [0.25, 0.3) is 11.1 Å². The van der Waals surface area contributed by atoms with E-state index in [4.69, 9.17) is 5.11 Å². The Hall–Kier alpha value is -4.07. The zero-order valence-electron chi connectivity index (χ0n) is 25.4. The summed E-state index contributed by atoms with van der Waals surface area (Å²) in [4.78, 5) is 47.4. The molecule has 0 aliphatic carbocycles. The summed E-state index contributed by atoms with van der Waals surface area (Å²) in [5.74, 6) is -1.63. The quantitative estimate of drug-likeness (QED) is 0.128. The molecule has 4 aromatic rings. The van der Waals surface area contributed by atoms with Gasteiger partial charge in [0, 0.05) is 6.54 Å². The number of carbonyl (C=O) groups is 2. The van der Waals surface area contributed by atoms with E-state index in [0.717, 1.165) is 38.9 Å². The van der Waals surface area contributed by atoms with E-state index in [9.17, 15) is 23.9 Å². The normalized spacial score (nSPS) is 12.5. The van der Waals surface area contributed by atoms with Crippen LogP contribution in [0.4, 0.5) is 0 Å². The maximum absolute atomic E-state index is 13.8. The molecule has 8 nitrogen and oxygen atoms in total. The SMILES string of the molecule is Cc1cc(C)cc(C(NC(Cc2ccc(-c3ccccc3)cc2)C(=O)NCCC(=O)O)(c2cc(C)cc(C)c2)P(=O)(O)O)c1. The Kier molecular flexibility index (Phi) is 10.2. The van der Waals surface area contributed by atoms with Gasteiger partial charge in [0.2, 0.25) is 5.91 Å². The number of nitrogens with one attached hydrogen (secondary N) is 2. The van der Waals surface area contributed by atoms with Crippen molar-refractivity contribution in [2.24, 2.45) is 0 Å². The summed E-state index contributed by atoms with van der Waals surface area (Å²) < 4.78 is 13.8. The van der Waals surface area contributed by atoms with E-state index in [-0.39, 0.29) is 19.4 Å². The van der Waals surface area contributed by atoms with Crippen LogP contribution in [0.3, 0.4) is 0 Å². The summed E-state index contributed by atoms with van der Waals surface area (Å²) >= 11 is 0. The second kappa shape index (κ2) is 13.7. The van der Waals surface area contributed by atoms with Gasteiger partial charge in [-0.25, -0.2) is 0 Å². The number of carbonyl (C=O) groups excluding carboxylic acids is 1. The van der Waals surface area contributed by atoms with Crippen molar-refractivity contribution in [1.82, 2.24) is 10.6 Å². The third kappa shape index (κ3) is 7.71. The van der Waals surface area contributed by atoms with Crippen molar-refractivity contribution in [3.63, 3.8) is 0 Å². The lowest BCUT2D eigenvalue weighted by Gasteiger charge is -2.40. The Labute approximate surface area is 258 Å². The molecule has 0 aliphatic heterocycles. The highest BCUT2D eigenvalue weighted by atomic mass is 31.2. The molecule has 1 atom stereocenters. The van der Waals surface area contributed by atoms with E-state index in [1.807, 2.05) is 94.4 Å². The van der Waals surface area contributed by atoms with Gasteiger partial charge >= 0.3 is 13.6 Å². The van der Waals surface area contributed by atoms with Gasteiger partial charge in [-0.1, -0.05) is 113 Å². The molecule has 0 bridgehead atoms. The first kappa shape index (κ1) is 32.8. The van der Waals surface area contributed by atoms with E-state index in [1.54, 1.807) is 24.3 Å². The molecule has 44 heavy (non-hydrogen) atoms. The molecule has 4 aromatic carbocycles. The average molecular weight is 615 g/mol. The van der Waals surface area contributed by atoms with Gasteiger partial charge in [0.25, 0.3) is 0 Å². The van der Waals surface area contributed by atoms with Crippen molar-refractivity contribution >= 4 is 19.5 Å². The number of amides is 1. The number of aryl methyl sites for hydroxylation is 4. The molecule has 0 spiro atoms. The van der Waals surface area contributed by atoms with Crippen LogP contribution >= 0.6 is 7.60 Å². The fraction of sp³-hybridized carbons (Fsp3) is 0.257. The third-order valence-electron chi connectivity index (χ3n) is 7.55. The van der Waals surface area contributed by atoms with Gasteiger partial charge in [-0.05, 0) is 61.9 Å². The minimum absolute atomic E-state index is 0.0886. The van der Waals surface area contributed by atoms with Crippen molar-refractivity contribution in [2.45, 2.75) is 51.9 Å². The van der Waals surface area contributed by atoms with Crippen LogP contribution in [0.1, 0.15) is 45.4 Å². The number of carboxylic acids is 1. The van der Waals surface area contributed by atoms with Gasteiger partial charge < -0.3 is 20.2 Å². The lowest BCUT2D eigenvalue weighted by atomic mass is 9.91. The van der Waals surface area contributed by atoms with Gasteiger partial charge in [0.05, 0.1) is 12.5 Å². The van der Waals surface area contributed by atoms with Crippen LogP contribution in [0.5, 0.6) is 0 Å². The van der Waals surface area contributed by atoms with Gasteiger partial charge in [0.1, 0.15) is 0 Å². The maximum atomic E-state index is 13.8. The Balaban J connectivity index is 1.85. The number of benzene rings is 4. The number of aliphatic carboxylic acids is 1. The highest BCUT2D eigenvalue weighted by Crippen LogP contribution is 2.59. The Bertz CT molecular complexity index is 1590. The molecular weight excluding hydrogens is 575 g/mol. The minimum Gasteiger partial charge on any atom is -0.481 e. The first-order valence-electron chi connectivity index (χ1n) is 14.4. The summed E-state index contributed by atoms with van der Waals surface area (Å²) in [6.07, 6.45) is -0.201. The zero-order valence-corrected chi connectivity index (χ0v) is 26.3. The molecule has 5 N–H and O–H groups in total. The smallest absolute Gasteiger partial charge is 0.354 e. The summed E-state index contributed by atoms with van der Waals surface area (Å²) in [5, 5.41) is 12.9. The maximum Gasteiger partial charge on any atom is 0.354 e.